The predicted molar refractivity (Wildman–Crippen MR) is 115 cm³/mol. The van der Waals surface area contributed by atoms with Gasteiger partial charge in [0.05, 0.1) is 11.1 Å². The molecule has 1 aromatic heterocycles. The van der Waals surface area contributed by atoms with Gasteiger partial charge in [-0.3, -0.25) is 14.6 Å². The van der Waals surface area contributed by atoms with Crippen LogP contribution in [0.5, 0.6) is 0 Å². The van der Waals surface area contributed by atoms with Crippen LogP contribution in [0.4, 0.5) is 0 Å². The topological polar surface area (TPSA) is 53.5 Å². The number of amides is 2. The normalized spacial score (nSPS) is 20.2. The Kier molecular flexibility index (Phi) is 5.84. The highest BCUT2D eigenvalue weighted by atomic mass is 16.2. The zero-order chi connectivity index (χ0) is 20.4. The van der Waals surface area contributed by atoms with Gasteiger partial charge in [0.15, 0.2) is 0 Å². The highest BCUT2D eigenvalue weighted by Gasteiger charge is 2.30. The standard InChI is InChI=1S/C24H31N3O2/c1-26(2)24(29)20-15-22(25-21-11-7-6-10-19(20)21)18-12-13-27(16-18)23(28)14-17-8-4-3-5-9-17/h6-7,10-11,15,17-18H,3-5,8-9,12-14,16H2,1-2H3/t18-/m1/s1. The minimum Gasteiger partial charge on any atom is -0.345 e. The van der Waals surface area contributed by atoms with Gasteiger partial charge in [0.25, 0.3) is 5.91 Å². The minimum absolute atomic E-state index is 0.00641. The number of hydrogen-bond donors (Lipinski definition) is 0. The first-order valence-electron chi connectivity index (χ1n) is 10.9. The number of rotatable bonds is 4. The van der Waals surface area contributed by atoms with Gasteiger partial charge in [-0.2, -0.15) is 0 Å². The van der Waals surface area contributed by atoms with Crippen LogP contribution < -0.4 is 0 Å². The molecule has 1 saturated carbocycles. The van der Waals surface area contributed by atoms with E-state index in [0.717, 1.165) is 29.6 Å². The molecule has 0 radical (unpaired) electrons. The maximum atomic E-state index is 12.8. The second-order valence-electron chi connectivity index (χ2n) is 8.84. The van der Waals surface area contributed by atoms with Crippen LogP contribution >= 0.6 is 0 Å². The third kappa shape index (κ3) is 4.29. The van der Waals surface area contributed by atoms with Crippen LogP contribution in [0.25, 0.3) is 10.9 Å². The van der Waals surface area contributed by atoms with Crippen molar-refractivity contribution in [2.45, 2.75) is 50.9 Å². The summed E-state index contributed by atoms with van der Waals surface area (Å²) >= 11 is 0. The Bertz CT molecular complexity index is 902. The molecule has 2 aromatic rings. The molecule has 1 aliphatic heterocycles. The molecule has 154 valence electrons. The average Bonchev–Trinajstić information content (AvgIpc) is 3.23. The molecule has 1 saturated heterocycles. The number of carbonyl (C=O) groups excluding carboxylic acids is 2. The van der Waals surface area contributed by atoms with E-state index in [9.17, 15) is 9.59 Å². The molecule has 4 rings (SSSR count). The van der Waals surface area contributed by atoms with Crippen molar-refractivity contribution >= 4 is 22.7 Å². The monoisotopic (exact) mass is 393 g/mol. The van der Waals surface area contributed by atoms with Gasteiger partial charge in [0, 0.05) is 50.6 Å². The minimum atomic E-state index is -0.00641. The number of likely N-dealkylation sites (tertiary alicyclic amines) is 1. The van der Waals surface area contributed by atoms with Gasteiger partial charge in [-0.25, -0.2) is 0 Å². The van der Waals surface area contributed by atoms with Crippen LogP contribution in [0.1, 0.15) is 66.9 Å². The number of hydrogen-bond acceptors (Lipinski definition) is 3. The molecule has 1 atom stereocenters. The SMILES string of the molecule is CN(C)C(=O)c1cc([C@@H]2CCN(C(=O)CC3CCCCC3)C2)nc2ccccc12. The average molecular weight is 394 g/mol. The summed E-state index contributed by atoms with van der Waals surface area (Å²) in [6.45, 7) is 1.51. The molecule has 5 nitrogen and oxygen atoms in total. The maximum Gasteiger partial charge on any atom is 0.254 e. The number of aromatic nitrogens is 1. The van der Waals surface area contributed by atoms with E-state index >= 15 is 0 Å². The predicted octanol–water partition coefficient (Wildman–Crippen LogP) is 4.22. The molecule has 1 aromatic carbocycles. The third-order valence-corrected chi connectivity index (χ3v) is 6.52. The van der Waals surface area contributed by atoms with Crippen molar-refractivity contribution in [2.24, 2.45) is 5.92 Å². The number of carbonyl (C=O) groups is 2. The molecule has 0 unspecified atom stereocenters. The smallest absolute Gasteiger partial charge is 0.254 e. The Morgan fingerprint density at radius 1 is 1.10 bits per heavy atom. The molecule has 0 N–H and O–H groups in total. The molecule has 2 fully saturated rings. The van der Waals surface area contributed by atoms with E-state index in [-0.39, 0.29) is 11.8 Å². The lowest BCUT2D eigenvalue weighted by molar-refractivity contribution is -0.131. The van der Waals surface area contributed by atoms with Gasteiger partial charge in [-0.05, 0) is 37.3 Å². The van der Waals surface area contributed by atoms with Crippen molar-refractivity contribution in [1.82, 2.24) is 14.8 Å². The van der Waals surface area contributed by atoms with E-state index in [1.54, 1.807) is 19.0 Å². The van der Waals surface area contributed by atoms with Gasteiger partial charge < -0.3 is 9.80 Å². The molecule has 1 aliphatic carbocycles. The van der Waals surface area contributed by atoms with E-state index in [1.165, 1.54) is 32.1 Å². The van der Waals surface area contributed by atoms with Crippen molar-refractivity contribution in [3.05, 3.63) is 41.6 Å². The Labute approximate surface area is 173 Å². The number of nitrogens with zero attached hydrogens (tertiary/aromatic N) is 3. The third-order valence-electron chi connectivity index (χ3n) is 6.52. The molecule has 2 heterocycles. The van der Waals surface area contributed by atoms with Gasteiger partial charge in [-0.15, -0.1) is 0 Å². The van der Waals surface area contributed by atoms with Crippen LogP contribution in [-0.4, -0.2) is 53.8 Å². The molecular formula is C24H31N3O2. The molecule has 2 amide bonds. The Hall–Kier alpha value is -2.43. The fourth-order valence-corrected chi connectivity index (χ4v) is 4.82. The molecule has 0 spiro atoms. The second-order valence-corrected chi connectivity index (χ2v) is 8.84. The molecule has 5 heteroatoms. The lowest BCUT2D eigenvalue weighted by Crippen LogP contribution is -2.30. The number of para-hydroxylation sites is 1. The largest absolute Gasteiger partial charge is 0.345 e. The fraction of sp³-hybridized carbons (Fsp3) is 0.542. The lowest BCUT2D eigenvalue weighted by Gasteiger charge is -2.24. The summed E-state index contributed by atoms with van der Waals surface area (Å²) in [5.74, 6) is 1.06. The summed E-state index contributed by atoms with van der Waals surface area (Å²) in [5.41, 5.74) is 2.48. The van der Waals surface area contributed by atoms with E-state index < -0.39 is 0 Å². The Morgan fingerprint density at radius 3 is 2.62 bits per heavy atom. The van der Waals surface area contributed by atoms with E-state index in [1.807, 2.05) is 35.2 Å². The van der Waals surface area contributed by atoms with Crippen molar-refractivity contribution in [3.8, 4) is 0 Å². The fourth-order valence-electron chi connectivity index (χ4n) is 4.82. The van der Waals surface area contributed by atoms with Crippen molar-refractivity contribution in [1.29, 1.82) is 0 Å². The quantitative estimate of drug-likeness (QED) is 0.781. The zero-order valence-electron chi connectivity index (χ0n) is 17.6. The van der Waals surface area contributed by atoms with Crippen molar-refractivity contribution in [3.63, 3.8) is 0 Å². The Balaban J connectivity index is 1.53. The molecular weight excluding hydrogens is 362 g/mol. The van der Waals surface area contributed by atoms with Crippen molar-refractivity contribution < 1.29 is 9.59 Å². The maximum absolute atomic E-state index is 12.8. The van der Waals surface area contributed by atoms with E-state index in [0.29, 0.717) is 30.4 Å². The first kappa shape index (κ1) is 19.9. The summed E-state index contributed by atoms with van der Waals surface area (Å²) in [4.78, 5) is 34.1. The highest BCUT2D eigenvalue weighted by molar-refractivity contribution is 6.06. The second kappa shape index (κ2) is 8.52. The summed E-state index contributed by atoms with van der Waals surface area (Å²) in [6, 6.07) is 9.77. The number of fused-ring (bicyclic) bond motifs is 1. The van der Waals surface area contributed by atoms with Gasteiger partial charge in [0.2, 0.25) is 5.91 Å². The molecule has 0 bridgehead atoms. The summed E-state index contributed by atoms with van der Waals surface area (Å²) < 4.78 is 0. The number of pyridine rings is 1. The summed E-state index contributed by atoms with van der Waals surface area (Å²) in [7, 11) is 3.55. The van der Waals surface area contributed by atoms with Gasteiger partial charge in [-0.1, -0.05) is 37.5 Å². The lowest BCUT2D eigenvalue weighted by atomic mass is 9.87. The Morgan fingerprint density at radius 2 is 1.86 bits per heavy atom. The molecule has 2 aliphatic rings. The van der Waals surface area contributed by atoms with Crippen LogP contribution in [-0.2, 0) is 4.79 Å². The van der Waals surface area contributed by atoms with Gasteiger partial charge in [0.1, 0.15) is 0 Å². The first-order valence-corrected chi connectivity index (χ1v) is 10.9. The highest BCUT2D eigenvalue weighted by Crippen LogP contribution is 2.32. The van der Waals surface area contributed by atoms with Crippen LogP contribution in [0.3, 0.4) is 0 Å². The number of benzene rings is 1. The van der Waals surface area contributed by atoms with Gasteiger partial charge >= 0.3 is 0 Å². The van der Waals surface area contributed by atoms with Crippen LogP contribution in [0.2, 0.25) is 0 Å². The zero-order valence-corrected chi connectivity index (χ0v) is 17.6. The molecule has 29 heavy (non-hydrogen) atoms. The van der Waals surface area contributed by atoms with Crippen LogP contribution in [0.15, 0.2) is 30.3 Å². The van der Waals surface area contributed by atoms with Crippen LogP contribution in [0, 0.1) is 5.92 Å². The first-order chi connectivity index (χ1) is 14.0. The van der Waals surface area contributed by atoms with Crippen molar-refractivity contribution in [2.75, 3.05) is 27.2 Å². The summed E-state index contributed by atoms with van der Waals surface area (Å²) in [6.07, 6.45) is 7.86. The van der Waals surface area contributed by atoms with E-state index in [2.05, 4.69) is 0 Å². The van der Waals surface area contributed by atoms with E-state index in [4.69, 9.17) is 4.98 Å². The summed E-state index contributed by atoms with van der Waals surface area (Å²) in [5, 5.41) is 0.887.